The summed E-state index contributed by atoms with van der Waals surface area (Å²) in [4.78, 5) is 11.8. The predicted octanol–water partition coefficient (Wildman–Crippen LogP) is 2.53. The van der Waals surface area contributed by atoms with Crippen LogP contribution in [0.4, 0.5) is 0 Å². The average molecular weight is 250 g/mol. The molecule has 0 unspecified atom stereocenters. The smallest absolute Gasteiger partial charge is 0.174 e. The van der Waals surface area contributed by atoms with Crippen molar-refractivity contribution in [2.45, 2.75) is 0 Å². The quantitative estimate of drug-likeness (QED) is 0.775. The van der Waals surface area contributed by atoms with Gasteiger partial charge >= 0.3 is 0 Å². The molecule has 0 fully saturated rings. The maximum Gasteiger partial charge on any atom is 0.174 e. The summed E-state index contributed by atoms with van der Waals surface area (Å²) in [5.74, 6) is 1.41. The Morgan fingerprint density at radius 1 is 1.32 bits per heavy atom. The number of aromatic nitrogens is 3. The fraction of sp³-hybridized carbons (Fsp3) is 0.0714. The number of aromatic amines is 1. The number of hydrogen-bond acceptors (Lipinski definition) is 4. The monoisotopic (exact) mass is 250 g/mol. The lowest BCUT2D eigenvalue weighted by atomic mass is 10.3. The molecule has 0 atom stereocenters. The van der Waals surface area contributed by atoms with E-state index >= 15 is 0 Å². The summed E-state index contributed by atoms with van der Waals surface area (Å²) in [5, 5.41) is 8.49. The summed E-state index contributed by atoms with van der Waals surface area (Å²) in [6.45, 7) is 0.0368. The lowest BCUT2D eigenvalue weighted by Gasteiger charge is -1.99. The summed E-state index contributed by atoms with van der Waals surface area (Å²) in [6, 6.07) is 11.2. The maximum absolute atomic E-state index is 8.49. The molecule has 92 valence electrons. The Kier molecular flexibility index (Phi) is 2.83. The van der Waals surface area contributed by atoms with Crippen LogP contribution in [-0.2, 0) is 0 Å². The van der Waals surface area contributed by atoms with Crippen molar-refractivity contribution in [1.29, 1.82) is 5.26 Å². The van der Waals surface area contributed by atoms with Gasteiger partial charge in [0.1, 0.15) is 17.6 Å². The van der Waals surface area contributed by atoms with Gasteiger partial charge in [0.15, 0.2) is 6.61 Å². The zero-order valence-corrected chi connectivity index (χ0v) is 10.00. The second-order valence-corrected chi connectivity index (χ2v) is 3.95. The minimum atomic E-state index is 0.0368. The van der Waals surface area contributed by atoms with Crippen molar-refractivity contribution in [1.82, 2.24) is 15.0 Å². The van der Waals surface area contributed by atoms with E-state index < -0.39 is 0 Å². The second-order valence-electron chi connectivity index (χ2n) is 3.95. The number of imidazole rings is 1. The first-order chi connectivity index (χ1) is 9.36. The van der Waals surface area contributed by atoms with Crippen LogP contribution in [0.5, 0.6) is 5.75 Å². The zero-order chi connectivity index (χ0) is 13.1. The summed E-state index contributed by atoms with van der Waals surface area (Å²) in [5.41, 5.74) is 2.65. The Hall–Kier alpha value is -2.87. The molecule has 0 bridgehead atoms. The highest BCUT2D eigenvalue weighted by Gasteiger charge is 2.06. The van der Waals surface area contributed by atoms with Gasteiger partial charge in [-0.1, -0.05) is 0 Å². The zero-order valence-electron chi connectivity index (χ0n) is 10.00. The number of nitrogens with zero attached hydrogens (tertiary/aromatic N) is 3. The third-order valence-corrected chi connectivity index (χ3v) is 2.69. The van der Waals surface area contributed by atoms with E-state index in [-0.39, 0.29) is 6.61 Å². The highest BCUT2D eigenvalue weighted by atomic mass is 16.5. The van der Waals surface area contributed by atoms with Crippen LogP contribution >= 0.6 is 0 Å². The lowest BCUT2D eigenvalue weighted by molar-refractivity contribution is 0.368. The molecule has 0 amide bonds. The largest absolute Gasteiger partial charge is 0.479 e. The number of rotatable bonds is 3. The van der Waals surface area contributed by atoms with Crippen LogP contribution in [0.1, 0.15) is 0 Å². The van der Waals surface area contributed by atoms with Crippen LogP contribution in [0.25, 0.3) is 22.4 Å². The maximum atomic E-state index is 8.49. The van der Waals surface area contributed by atoms with Crippen LogP contribution in [0.3, 0.4) is 0 Å². The molecule has 19 heavy (non-hydrogen) atoms. The van der Waals surface area contributed by atoms with Crippen LogP contribution < -0.4 is 4.74 Å². The van der Waals surface area contributed by atoms with Crippen LogP contribution in [0, 0.1) is 11.3 Å². The van der Waals surface area contributed by atoms with E-state index in [4.69, 9.17) is 10.00 Å². The van der Waals surface area contributed by atoms with Gasteiger partial charge in [-0.05, 0) is 24.3 Å². The van der Waals surface area contributed by atoms with Crippen LogP contribution in [0.15, 0.2) is 42.7 Å². The molecule has 0 aliphatic heterocycles. The first-order valence-electron chi connectivity index (χ1n) is 5.77. The minimum Gasteiger partial charge on any atom is -0.479 e. The van der Waals surface area contributed by atoms with Crippen molar-refractivity contribution >= 4 is 11.0 Å². The van der Waals surface area contributed by atoms with Gasteiger partial charge in [0.05, 0.1) is 11.0 Å². The summed E-state index contributed by atoms with van der Waals surface area (Å²) in [7, 11) is 0. The highest BCUT2D eigenvalue weighted by Crippen LogP contribution is 2.23. The molecule has 0 radical (unpaired) electrons. The number of fused-ring (bicyclic) bond motifs is 1. The van der Waals surface area contributed by atoms with E-state index in [0.29, 0.717) is 5.75 Å². The molecule has 1 aromatic carbocycles. The second kappa shape index (κ2) is 4.78. The summed E-state index contributed by atoms with van der Waals surface area (Å²) in [6.07, 6.45) is 3.48. The van der Waals surface area contributed by atoms with Crippen molar-refractivity contribution in [3.63, 3.8) is 0 Å². The standard InChI is InChI=1S/C14H10N4O/c15-5-7-19-11-3-4-12-13(8-11)18-14(17-12)10-2-1-6-16-9-10/h1-4,6,8-9H,7H2,(H,17,18). The average Bonchev–Trinajstić information content (AvgIpc) is 2.89. The van der Waals surface area contributed by atoms with Crippen molar-refractivity contribution < 1.29 is 4.74 Å². The van der Waals surface area contributed by atoms with E-state index in [0.717, 1.165) is 22.4 Å². The normalized spacial score (nSPS) is 10.3. The van der Waals surface area contributed by atoms with Crippen molar-refractivity contribution in [2.75, 3.05) is 6.61 Å². The van der Waals surface area contributed by atoms with Gasteiger partial charge in [0.25, 0.3) is 0 Å². The predicted molar refractivity (Wildman–Crippen MR) is 70.4 cm³/mol. The van der Waals surface area contributed by atoms with Gasteiger partial charge in [-0.15, -0.1) is 0 Å². The fourth-order valence-corrected chi connectivity index (χ4v) is 1.83. The number of ether oxygens (including phenoxy) is 1. The molecule has 0 saturated heterocycles. The molecular weight excluding hydrogens is 240 g/mol. The molecule has 1 N–H and O–H groups in total. The Balaban J connectivity index is 2.00. The van der Waals surface area contributed by atoms with E-state index in [1.807, 2.05) is 30.3 Å². The molecule has 0 saturated carbocycles. The van der Waals surface area contributed by atoms with Gasteiger partial charge < -0.3 is 9.72 Å². The molecule has 0 aliphatic rings. The Labute approximate surface area is 109 Å². The van der Waals surface area contributed by atoms with Gasteiger partial charge in [0, 0.05) is 24.0 Å². The number of benzene rings is 1. The van der Waals surface area contributed by atoms with Gasteiger partial charge in [-0.2, -0.15) is 5.26 Å². The molecule has 2 heterocycles. The van der Waals surface area contributed by atoms with Crippen molar-refractivity contribution in [3.05, 3.63) is 42.7 Å². The first kappa shape index (κ1) is 11.2. The molecule has 5 nitrogen and oxygen atoms in total. The SMILES string of the molecule is N#CCOc1ccc2nc(-c3cccnc3)[nH]c2c1. The molecular formula is C14H10N4O. The molecule has 0 spiro atoms. The molecule has 3 rings (SSSR count). The molecule has 2 aromatic heterocycles. The number of nitriles is 1. The van der Waals surface area contributed by atoms with E-state index in [9.17, 15) is 0 Å². The number of pyridine rings is 1. The number of hydrogen-bond donors (Lipinski definition) is 1. The number of H-pyrrole nitrogens is 1. The van der Waals surface area contributed by atoms with Crippen molar-refractivity contribution in [2.24, 2.45) is 0 Å². The Bertz CT molecular complexity index is 743. The van der Waals surface area contributed by atoms with Gasteiger partial charge in [-0.25, -0.2) is 4.98 Å². The summed E-state index contributed by atoms with van der Waals surface area (Å²) >= 11 is 0. The van der Waals surface area contributed by atoms with Crippen LogP contribution in [-0.4, -0.2) is 21.6 Å². The third kappa shape index (κ3) is 2.24. The van der Waals surface area contributed by atoms with Crippen LogP contribution in [0.2, 0.25) is 0 Å². The molecule has 0 aliphatic carbocycles. The molecule has 3 aromatic rings. The summed E-state index contributed by atoms with van der Waals surface area (Å²) < 4.78 is 5.26. The van der Waals surface area contributed by atoms with E-state index in [1.165, 1.54) is 0 Å². The number of nitrogens with one attached hydrogen (secondary N) is 1. The van der Waals surface area contributed by atoms with Gasteiger partial charge in [0.2, 0.25) is 0 Å². The van der Waals surface area contributed by atoms with E-state index in [1.54, 1.807) is 18.5 Å². The topological polar surface area (TPSA) is 74.6 Å². The van der Waals surface area contributed by atoms with Gasteiger partial charge in [-0.3, -0.25) is 4.98 Å². The third-order valence-electron chi connectivity index (χ3n) is 2.69. The minimum absolute atomic E-state index is 0.0368. The van der Waals surface area contributed by atoms with Crippen molar-refractivity contribution in [3.8, 4) is 23.2 Å². The molecule has 5 heteroatoms. The Morgan fingerprint density at radius 2 is 2.26 bits per heavy atom. The van der Waals surface area contributed by atoms with E-state index in [2.05, 4.69) is 15.0 Å². The fourth-order valence-electron chi connectivity index (χ4n) is 1.83. The lowest BCUT2D eigenvalue weighted by Crippen LogP contribution is -1.92. The Morgan fingerprint density at radius 3 is 3.05 bits per heavy atom. The highest BCUT2D eigenvalue weighted by molar-refractivity contribution is 5.80. The first-order valence-corrected chi connectivity index (χ1v) is 5.77.